The summed E-state index contributed by atoms with van der Waals surface area (Å²) in [5, 5.41) is 0. The number of carbonyl (C=O) groups is 1. The van der Waals surface area contributed by atoms with Crippen LogP contribution in [0.1, 0.15) is 10.4 Å². The molecule has 1 aromatic carbocycles. The van der Waals surface area contributed by atoms with Crippen LogP contribution in [0.3, 0.4) is 0 Å². The van der Waals surface area contributed by atoms with Crippen LogP contribution in [0, 0.1) is 0 Å². The molecule has 0 aliphatic heterocycles. The number of carbonyl (C=O) groups excluding carboxylic acids is 1. The van der Waals surface area contributed by atoms with Crippen LogP contribution in [-0.2, 0) is 4.74 Å². The van der Waals surface area contributed by atoms with Gasteiger partial charge in [-0.05, 0) is 18.2 Å². The largest absolute Gasteiger partial charge is 0.495 e. The van der Waals surface area contributed by atoms with Crippen molar-refractivity contribution in [3.05, 3.63) is 42.1 Å². The van der Waals surface area contributed by atoms with E-state index in [0.29, 0.717) is 22.7 Å². The predicted octanol–water partition coefficient (Wildman–Crippen LogP) is 2.25. The topological polar surface area (TPSA) is 83.7 Å². The molecule has 104 valence electrons. The number of methoxy groups -OCH3 is 2. The molecule has 0 spiro atoms. The fourth-order valence-electron chi connectivity index (χ4n) is 1.61. The highest BCUT2D eigenvalue weighted by Crippen LogP contribution is 2.28. The van der Waals surface area contributed by atoms with E-state index in [9.17, 15) is 4.79 Å². The first kappa shape index (κ1) is 13.7. The molecule has 0 radical (unpaired) electrons. The first-order valence-electron chi connectivity index (χ1n) is 5.79. The second-order valence-electron chi connectivity index (χ2n) is 3.88. The van der Waals surface area contributed by atoms with E-state index >= 15 is 0 Å². The smallest absolute Gasteiger partial charge is 0.338 e. The van der Waals surface area contributed by atoms with E-state index in [1.54, 1.807) is 24.3 Å². The Hall–Kier alpha value is -2.76. The lowest BCUT2D eigenvalue weighted by molar-refractivity contribution is 0.0600. The van der Waals surface area contributed by atoms with Gasteiger partial charge in [-0.15, -0.1) is 0 Å². The average Bonchev–Trinajstić information content (AvgIpc) is 2.47. The standard InChI is InChI=1S/C14H14N2O4/c1-18-12-4-3-10(8-11(12)15)20-13-7-9(5-6-16-13)14(17)19-2/h3-8H,15H2,1-2H3. The maximum absolute atomic E-state index is 11.4. The molecule has 0 fully saturated rings. The van der Waals surface area contributed by atoms with Crippen LogP contribution < -0.4 is 15.2 Å². The lowest BCUT2D eigenvalue weighted by atomic mass is 10.2. The number of nitrogens with zero attached hydrogens (tertiary/aromatic N) is 1. The van der Waals surface area contributed by atoms with Gasteiger partial charge in [0.25, 0.3) is 0 Å². The summed E-state index contributed by atoms with van der Waals surface area (Å²) >= 11 is 0. The van der Waals surface area contributed by atoms with E-state index in [4.69, 9.17) is 15.2 Å². The van der Waals surface area contributed by atoms with Gasteiger partial charge >= 0.3 is 5.97 Å². The van der Waals surface area contributed by atoms with Crippen LogP contribution in [0.25, 0.3) is 0 Å². The molecule has 1 aromatic heterocycles. The van der Waals surface area contributed by atoms with Crippen LogP contribution in [0.15, 0.2) is 36.5 Å². The third kappa shape index (κ3) is 2.97. The van der Waals surface area contributed by atoms with Gasteiger partial charge in [0.15, 0.2) is 0 Å². The van der Waals surface area contributed by atoms with Crippen LogP contribution in [0.2, 0.25) is 0 Å². The van der Waals surface area contributed by atoms with Gasteiger partial charge in [-0.3, -0.25) is 0 Å². The second kappa shape index (κ2) is 5.92. The Morgan fingerprint density at radius 2 is 2.00 bits per heavy atom. The molecule has 0 aliphatic carbocycles. The Labute approximate surface area is 116 Å². The number of esters is 1. The van der Waals surface area contributed by atoms with Crippen molar-refractivity contribution in [1.82, 2.24) is 4.98 Å². The maximum Gasteiger partial charge on any atom is 0.338 e. The third-order valence-electron chi connectivity index (χ3n) is 2.58. The van der Waals surface area contributed by atoms with Gasteiger partial charge in [-0.25, -0.2) is 9.78 Å². The average molecular weight is 274 g/mol. The molecule has 6 heteroatoms. The molecular formula is C14H14N2O4. The van der Waals surface area contributed by atoms with Crippen molar-refractivity contribution in [2.75, 3.05) is 20.0 Å². The molecule has 2 aromatic rings. The molecule has 0 unspecified atom stereocenters. The number of hydrogen-bond acceptors (Lipinski definition) is 6. The Morgan fingerprint density at radius 1 is 1.20 bits per heavy atom. The highest BCUT2D eigenvalue weighted by molar-refractivity contribution is 5.89. The molecular weight excluding hydrogens is 260 g/mol. The molecule has 2 rings (SSSR count). The van der Waals surface area contributed by atoms with Gasteiger partial charge in [-0.1, -0.05) is 0 Å². The summed E-state index contributed by atoms with van der Waals surface area (Å²) in [6.07, 6.45) is 1.47. The first-order chi connectivity index (χ1) is 9.63. The summed E-state index contributed by atoms with van der Waals surface area (Å²) < 4.78 is 15.2. The highest BCUT2D eigenvalue weighted by atomic mass is 16.5. The number of nitrogen functional groups attached to an aromatic ring is 1. The molecule has 20 heavy (non-hydrogen) atoms. The van der Waals surface area contributed by atoms with E-state index in [1.807, 2.05) is 0 Å². The molecule has 0 saturated carbocycles. The minimum absolute atomic E-state index is 0.275. The van der Waals surface area contributed by atoms with E-state index in [0.717, 1.165) is 0 Å². The normalized spacial score (nSPS) is 9.90. The van der Waals surface area contributed by atoms with Gasteiger partial charge < -0.3 is 19.9 Å². The number of ether oxygens (including phenoxy) is 3. The maximum atomic E-state index is 11.4. The zero-order chi connectivity index (χ0) is 14.5. The molecule has 0 atom stereocenters. The first-order valence-corrected chi connectivity index (χ1v) is 5.79. The fourth-order valence-corrected chi connectivity index (χ4v) is 1.61. The van der Waals surface area contributed by atoms with Gasteiger partial charge in [0.1, 0.15) is 11.5 Å². The molecule has 0 amide bonds. The zero-order valence-electron chi connectivity index (χ0n) is 11.1. The molecule has 2 N–H and O–H groups in total. The summed E-state index contributed by atoms with van der Waals surface area (Å²) in [5.41, 5.74) is 6.60. The number of hydrogen-bond donors (Lipinski definition) is 1. The van der Waals surface area contributed by atoms with Crippen LogP contribution in [-0.4, -0.2) is 25.2 Å². The molecule has 0 aliphatic rings. The second-order valence-corrected chi connectivity index (χ2v) is 3.88. The Balaban J connectivity index is 2.21. The van der Waals surface area contributed by atoms with E-state index in [2.05, 4.69) is 9.72 Å². The van der Waals surface area contributed by atoms with Gasteiger partial charge in [-0.2, -0.15) is 0 Å². The van der Waals surface area contributed by atoms with Crippen molar-refractivity contribution in [1.29, 1.82) is 0 Å². The lowest BCUT2D eigenvalue weighted by Crippen LogP contribution is -2.02. The van der Waals surface area contributed by atoms with E-state index < -0.39 is 5.97 Å². The SMILES string of the molecule is COC(=O)c1ccnc(Oc2ccc(OC)c(N)c2)c1. The van der Waals surface area contributed by atoms with Gasteiger partial charge in [0.05, 0.1) is 25.5 Å². The summed E-state index contributed by atoms with van der Waals surface area (Å²) in [5.74, 6) is 0.885. The van der Waals surface area contributed by atoms with Crippen molar-refractivity contribution < 1.29 is 19.0 Å². The van der Waals surface area contributed by atoms with Gasteiger partial charge in [0, 0.05) is 18.3 Å². The Kier molecular flexibility index (Phi) is 4.05. The Bertz CT molecular complexity index is 628. The lowest BCUT2D eigenvalue weighted by Gasteiger charge is -2.08. The predicted molar refractivity (Wildman–Crippen MR) is 73.1 cm³/mol. The van der Waals surface area contributed by atoms with E-state index in [1.165, 1.54) is 26.5 Å². The van der Waals surface area contributed by atoms with Gasteiger partial charge in [0.2, 0.25) is 5.88 Å². The van der Waals surface area contributed by atoms with Crippen molar-refractivity contribution in [2.24, 2.45) is 0 Å². The number of nitrogens with two attached hydrogens (primary N) is 1. The minimum Gasteiger partial charge on any atom is -0.495 e. The molecule has 0 saturated heterocycles. The summed E-state index contributed by atoms with van der Waals surface area (Å²) in [6, 6.07) is 8.04. The summed E-state index contributed by atoms with van der Waals surface area (Å²) in [4.78, 5) is 15.4. The summed E-state index contributed by atoms with van der Waals surface area (Å²) in [6.45, 7) is 0. The number of pyridine rings is 1. The summed E-state index contributed by atoms with van der Waals surface area (Å²) in [7, 11) is 2.85. The molecule has 0 bridgehead atoms. The van der Waals surface area contributed by atoms with Crippen molar-refractivity contribution >= 4 is 11.7 Å². The minimum atomic E-state index is -0.452. The molecule has 1 heterocycles. The number of aromatic nitrogens is 1. The van der Waals surface area contributed by atoms with Crippen molar-refractivity contribution in [3.8, 4) is 17.4 Å². The molecule has 6 nitrogen and oxygen atoms in total. The number of anilines is 1. The monoisotopic (exact) mass is 274 g/mol. The number of rotatable bonds is 4. The quantitative estimate of drug-likeness (QED) is 0.680. The number of benzene rings is 1. The fraction of sp³-hybridized carbons (Fsp3) is 0.143. The van der Waals surface area contributed by atoms with Crippen molar-refractivity contribution in [3.63, 3.8) is 0 Å². The highest BCUT2D eigenvalue weighted by Gasteiger charge is 2.08. The van der Waals surface area contributed by atoms with Crippen LogP contribution in [0.5, 0.6) is 17.4 Å². The van der Waals surface area contributed by atoms with Crippen LogP contribution in [0.4, 0.5) is 5.69 Å². The van der Waals surface area contributed by atoms with E-state index in [-0.39, 0.29) is 5.88 Å². The van der Waals surface area contributed by atoms with Crippen molar-refractivity contribution in [2.45, 2.75) is 0 Å². The van der Waals surface area contributed by atoms with Crippen LogP contribution >= 0.6 is 0 Å². The zero-order valence-corrected chi connectivity index (χ0v) is 11.1. The third-order valence-corrected chi connectivity index (χ3v) is 2.58. The Morgan fingerprint density at radius 3 is 2.65 bits per heavy atom.